The van der Waals surface area contributed by atoms with Gasteiger partial charge in [-0.25, -0.2) is 9.97 Å². The third-order valence-corrected chi connectivity index (χ3v) is 5.53. The topological polar surface area (TPSA) is 64.1 Å². The summed E-state index contributed by atoms with van der Waals surface area (Å²) in [5, 5.41) is 6.71. The van der Waals surface area contributed by atoms with E-state index in [4.69, 9.17) is 16.3 Å². The Hall–Kier alpha value is -2.44. The number of hydrogen-bond acceptors (Lipinski definition) is 4. The lowest BCUT2D eigenvalue weighted by Gasteiger charge is -2.08. The van der Waals surface area contributed by atoms with Crippen LogP contribution in [0.3, 0.4) is 0 Å². The predicted molar refractivity (Wildman–Crippen MR) is 104 cm³/mol. The van der Waals surface area contributed by atoms with Crippen molar-refractivity contribution in [2.24, 2.45) is 6.26 Å². The first-order valence-electron chi connectivity index (χ1n) is 8.12. The first-order chi connectivity index (χ1) is 12.6. The average molecular weight is 389 g/mol. The van der Waals surface area contributed by atoms with E-state index in [0.29, 0.717) is 29.7 Å². The minimum atomic E-state index is -0.222. The number of carbonyl (C=O) groups excluding carboxylic acids is 1. The van der Waals surface area contributed by atoms with Crippen molar-refractivity contribution in [3.8, 4) is 5.88 Å². The molecule has 3 aromatic rings. The number of thiazole rings is 1. The van der Waals surface area contributed by atoms with Gasteiger partial charge in [-0.3, -0.25) is 4.79 Å². The highest BCUT2D eigenvalue weighted by Crippen LogP contribution is 2.17. The molecule has 2 heterocycles. The van der Waals surface area contributed by atoms with Gasteiger partial charge in [-0.2, -0.15) is 0 Å². The van der Waals surface area contributed by atoms with Gasteiger partial charge in [0.1, 0.15) is 18.6 Å². The lowest BCUT2D eigenvalue weighted by atomic mass is 10.2. The Morgan fingerprint density at radius 2 is 2.12 bits per heavy atom. The molecule has 0 fully saturated rings. The maximum atomic E-state index is 12.3. The summed E-state index contributed by atoms with van der Waals surface area (Å²) >= 11 is 5.96. The first kappa shape index (κ1) is 18.4. The molecule has 0 saturated heterocycles. The Balaban J connectivity index is 1.54. The summed E-state index contributed by atoms with van der Waals surface area (Å²) in [6, 6.07) is 12.6. The molecule has 1 atom stereocenters. The molecule has 1 amide bonds. The SMILES string of the molecule is C[s+]1ccnc1CCNC(=O)c1cccc(OCc2cccc(Cl)c2)n1. The van der Waals surface area contributed by atoms with Gasteiger partial charge < -0.3 is 10.1 Å². The van der Waals surface area contributed by atoms with Crippen LogP contribution in [0.15, 0.2) is 54.0 Å². The molecule has 5 nitrogen and oxygen atoms in total. The number of aromatic nitrogens is 2. The zero-order valence-corrected chi connectivity index (χ0v) is 15.9. The fourth-order valence-electron chi connectivity index (χ4n) is 2.37. The van der Waals surface area contributed by atoms with Crippen LogP contribution in [0, 0.1) is 0 Å². The van der Waals surface area contributed by atoms with Crippen LogP contribution in [-0.4, -0.2) is 22.4 Å². The Morgan fingerprint density at radius 1 is 1.27 bits per heavy atom. The number of pyridine rings is 1. The second kappa shape index (κ2) is 8.78. The maximum absolute atomic E-state index is 12.3. The molecule has 134 valence electrons. The fourth-order valence-corrected chi connectivity index (χ4v) is 3.64. The molecule has 0 radical (unpaired) electrons. The number of rotatable bonds is 7. The second-order valence-corrected chi connectivity index (χ2v) is 7.95. The molecule has 2 aromatic heterocycles. The largest absolute Gasteiger partial charge is 0.473 e. The van der Waals surface area contributed by atoms with Crippen molar-refractivity contribution < 1.29 is 9.53 Å². The second-order valence-electron chi connectivity index (χ2n) is 5.65. The highest BCUT2D eigenvalue weighted by Gasteiger charge is 2.12. The van der Waals surface area contributed by atoms with E-state index in [1.807, 2.05) is 30.5 Å². The lowest BCUT2D eigenvalue weighted by Crippen LogP contribution is -2.26. The summed E-state index contributed by atoms with van der Waals surface area (Å²) in [6.07, 6.45) is 4.68. The number of carbonyl (C=O) groups is 1. The summed E-state index contributed by atoms with van der Waals surface area (Å²) in [4.78, 5) is 20.9. The van der Waals surface area contributed by atoms with E-state index in [0.717, 1.165) is 17.0 Å². The zero-order valence-electron chi connectivity index (χ0n) is 14.3. The molecule has 0 aliphatic carbocycles. The van der Waals surface area contributed by atoms with Crippen LogP contribution in [0.25, 0.3) is 0 Å². The number of halogens is 1. The summed E-state index contributed by atoms with van der Waals surface area (Å²) in [5.74, 6) is 0.179. The van der Waals surface area contributed by atoms with Gasteiger partial charge in [0.15, 0.2) is 5.38 Å². The predicted octanol–water partition coefficient (Wildman–Crippen LogP) is 3.97. The van der Waals surface area contributed by atoms with Gasteiger partial charge in [0.05, 0.1) is 12.6 Å². The van der Waals surface area contributed by atoms with E-state index in [1.165, 1.54) is 0 Å². The number of nitrogens with zero attached hydrogens (tertiary/aromatic N) is 2. The van der Waals surface area contributed by atoms with Gasteiger partial charge in [-0.1, -0.05) is 29.8 Å². The monoisotopic (exact) mass is 388 g/mol. The Bertz CT molecular complexity index is 898. The van der Waals surface area contributed by atoms with E-state index in [-0.39, 0.29) is 16.4 Å². The smallest absolute Gasteiger partial charge is 0.270 e. The number of benzene rings is 1. The van der Waals surface area contributed by atoms with E-state index in [1.54, 1.807) is 18.2 Å². The minimum absolute atomic E-state index is 0.0769. The Kier molecular flexibility index (Phi) is 6.20. The van der Waals surface area contributed by atoms with Crippen LogP contribution < -0.4 is 10.1 Å². The van der Waals surface area contributed by atoms with Crippen molar-refractivity contribution in [1.82, 2.24) is 15.3 Å². The summed E-state index contributed by atoms with van der Waals surface area (Å²) in [5.41, 5.74) is 1.27. The molecule has 0 saturated carbocycles. The van der Waals surface area contributed by atoms with Crippen molar-refractivity contribution >= 4 is 28.0 Å². The summed E-state index contributed by atoms with van der Waals surface area (Å²) in [6.45, 7) is 0.871. The molecule has 0 bridgehead atoms. The van der Waals surface area contributed by atoms with Crippen LogP contribution in [0.4, 0.5) is 0 Å². The molecule has 1 aromatic carbocycles. The Labute approximate surface area is 160 Å². The third-order valence-electron chi connectivity index (χ3n) is 3.71. The number of nitrogens with one attached hydrogen (secondary N) is 1. The average Bonchev–Trinajstić information content (AvgIpc) is 3.05. The van der Waals surface area contributed by atoms with Gasteiger partial charge in [-0.05, 0) is 34.2 Å². The fraction of sp³-hybridized carbons (Fsp3) is 0.211. The highest BCUT2D eigenvalue weighted by molar-refractivity contribution is 7.27. The van der Waals surface area contributed by atoms with E-state index >= 15 is 0 Å². The summed E-state index contributed by atoms with van der Waals surface area (Å²) < 4.78 is 5.66. The number of hydrogen-bond donors (Lipinski definition) is 1. The van der Waals surface area contributed by atoms with Crippen LogP contribution >= 0.6 is 22.1 Å². The standard InChI is InChI=1S/C19H18ClN3O2S/c1-26-11-10-21-18(26)8-9-22-19(24)16-6-3-7-17(23-16)25-13-14-4-2-5-15(20)12-14/h2-7,10-12H,8-9,13H2,1H3/p+1. The molecule has 26 heavy (non-hydrogen) atoms. The first-order valence-corrected chi connectivity index (χ1v) is 10.2. The molecular formula is C19H19ClN3O2S+. The summed E-state index contributed by atoms with van der Waals surface area (Å²) in [7, 11) is 0.0769. The van der Waals surface area contributed by atoms with Crippen molar-refractivity contribution in [3.63, 3.8) is 0 Å². The van der Waals surface area contributed by atoms with Gasteiger partial charge >= 0.3 is 0 Å². The molecular weight excluding hydrogens is 370 g/mol. The molecule has 1 unspecified atom stereocenters. The zero-order chi connectivity index (χ0) is 18.4. The molecule has 1 N–H and O–H groups in total. The Morgan fingerprint density at radius 3 is 2.88 bits per heavy atom. The van der Waals surface area contributed by atoms with Crippen molar-refractivity contribution in [2.45, 2.75) is 13.0 Å². The van der Waals surface area contributed by atoms with Gasteiger partial charge in [0.2, 0.25) is 10.9 Å². The minimum Gasteiger partial charge on any atom is -0.473 e. The van der Waals surface area contributed by atoms with Crippen molar-refractivity contribution in [3.05, 3.63) is 75.3 Å². The van der Waals surface area contributed by atoms with Gasteiger partial charge in [0.25, 0.3) is 5.91 Å². The maximum Gasteiger partial charge on any atom is 0.270 e. The molecule has 0 spiro atoms. The van der Waals surface area contributed by atoms with Crippen LogP contribution in [-0.2, 0) is 19.3 Å². The van der Waals surface area contributed by atoms with E-state index < -0.39 is 0 Å². The van der Waals surface area contributed by atoms with Gasteiger partial charge in [-0.15, -0.1) is 0 Å². The van der Waals surface area contributed by atoms with Crippen LogP contribution in [0.1, 0.15) is 21.1 Å². The molecule has 3 rings (SSSR count). The molecule has 0 aliphatic heterocycles. The number of amides is 1. The van der Waals surface area contributed by atoms with E-state index in [9.17, 15) is 4.79 Å². The van der Waals surface area contributed by atoms with E-state index in [2.05, 4.69) is 26.9 Å². The molecule has 7 heteroatoms. The normalized spacial score (nSPS) is 11.2. The van der Waals surface area contributed by atoms with Crippen LogP contribution in [0.5, 0.6) is 5.88 Å². The highest BCUT2D eigenvalue weighted by atomic mass is 35.5. The number of ether oxygens (including phenoxy) is 1. The van der Waals surface area contributed by atoms with Crippen molar-refractivity contribution in [1.29, 1.82) is 0 Å². The molecule has 0 aliphatic rings. The lowest BCUT2D eigenvalue weighted by molar-refractivity contribution is 0.0948. The van der Waals surface area contributed by atoms with Crippen molar-refractivity contribution in [2.75, 3.05) is 6.54 Å². The quantitative estimate of drug-likeness (QED) is 0.622. The third kappa shape index (κ3) is 5.03. The number of aryl methyl sites for hydroxylation is 1. The van der Waals surface area contributed by atoms with Gasteiger partial charge in [0, 0.05) is 17.6 Å². The van der Waals surface area contributed by atoms with Crippen LogP contribution in [0.2, 0.25) is 5.02 Å².